The van der Waals surface area contributed by atoms with Gasteiger partial charge in [0.15, 0.2) is 4.75 Å². The fourth-order valence-corrected chi connectivity index (χ4v) is 7.51. The van der Waals surface area contributed by atoms with Gasteiger partial charge in [0.05, 0.1) is 6.61 Å². The van der Waals surface area contributed by atoms with Gasteiger partial charge in [-0.3, -0.25) is 10.0 Å². The molecule has 0 atom stereocenters. The highest BCUT2D eigenvalue weighted by molar-refractivity contribution is 7.91. The SMILES string of the molecule is CCCCOc1ccc(N2CCN(S(=O)(=O)C3(C(=O)NO)CCN(C(=O)N4CCCC4)CC3)CC2)cc1. The fourth-order valence-electron chi connectivity index (χ4n) is 5.39. The number of ether oxygens (including phenoxy) is 1. The first-order chi connectivity index (χ1) is 17.8. The number of hydrogen-bond donors (Lipinski definition) is 2. The van der Waals surface area contributed by atoms with Gasteiger partial charge in [-0.1, -0.05) is 13.3 Å². The molecule has 37 heavy (non-hydrogen) atoms. The minimum absolute atomic E-state index is 0.0545. The molecule has 0 saturated carbocycles. The summed E-state index contributed by atoms with van der Waals surface area (Å²) in [6.45, 7) is 5.91. The van der Waals surface area contributed by atoms with Crippen LogP contribution in [0.25, 0.3) is 0 Å². The molecule has 4 rings (SSSR count). The van der Waals surface area contributed by atoms with E-state index in [0.717, 1.165) is 37.1 Å². The van der Waals surface area contributed by atoms with Crippen LogP contribution in [0.15, 0.2) is 24.3 Å². The fraction of sp³-hybridized carbons (Fsp3) is 0.680. The minimum atomic E-state index is -4.09. The number of carbonyl (C=O) groups is 2. The number of anilines is 1. The van der Waals surface area contributed by atoms with Crippen LogP contribution < -0.4 is 15.1 Å². The molecule has 3 fully saturated rings. The van der Waals surface area contributed by atoms with Crippen molar-refractivity contribution in [2.75, 3.05) is 63.9 Å². The lowest BCUT2D eigenvalue weighted by Gasteiger charge is -2.44. The van der Waals surface area contributed by atoms with Crippen molar-refractivity contribution in [3.05, 3.63) is 24.3 Å². The zero-order valence-electron chi connectivity index (χ0n) is 21.6. The molecule has 0 aromatic heterocycles. The van der Waals surface area contributed by atoms with E-state index in [2.05, 4.69) is 11.8 Å². The molecule has 3 amide bonds. The molecule has 0 radical (unpaired) electrons. The first-order valence-corrected chi connectivity index (χ1v) is 14.7. The van der Waals surface area contributed by atoms with Crippen molar-refractivity contribution in [2.24, 2.45) is 0 Å². The number of piperazine rings is 1. The summed E-state index contributed by atoms with van der Waals surface area (Å²) < 4.78 is 32.9. The number of unbranched alkanes of at least 4 members (excludes halogenated alkanes) is 1. The standard InChI is InChI=1S/C25H39N5O6S/c1-2-3-20-36-22-8-6-21(7-9-22)27-16-18-30(19-17-27)37(34,35)25(23(31)26-33)10-14-29(15-11-25)24(32)28-12-4-5-13-28/h6-9,33H,2-5,10-20H2,1H3,(H,26,31). The maximum atomic E-state index is 13.8. The molecule has 11 nitrogen and oxygen atoms in total. The summed E-state index contributed by atoms with van der Waals surface area (Å²) >= 11 is 0. The van der Waals surface area contributed by atoms with Crippen molar-refractivity contribution >= 4 is 27.6 Å². The molecule has 1 aromatic carbocycles. The molecule has 206 valence electrons. The van der Waals surface area contributed by atoms with Crippen LogP contribution in [0.5, 0.6) is 5.75 Å². The molecule has 0 aliphatic carbocycles. The van der Waals surface area contributed by atoms with Gasteiger partial charge in [-0.25, -0.2) is 18.7 Å². The van der Waals surface area contributed by atoms with Gasteiger partial charge in [0.2, 0.25) is 10.0 Å². The Morgan fingerprint density at radius 1 is 0.946 bits per heavy atom. The van der Waals surface area contributed by atoms with Gasteiger partial charge in [-0.15, -0.1) is 0 Å². The van der Waals surface area contributed by atoms with E-state index < -0.39 is 20.7 Å². The predicted molar refractivity (Wildman–Crippen MR) is 139 cm³/mol. The number of piperidine rings is 1. The molecule has 3 aliphatic rings. The zero-order valence-corrected chi connectivity index (χ0v) is 22.4. The molecule has 3 heterocycles. The minimum Gasteiger partial charge on any atom is -0.494 e. The summed E-state index contributed by atoms with van der Waals surface area (Å²) in [4.78, 5) is 31.1. The Bertz CT molecular complexity index is 1030. The van der Waals surface area contributed by atoms with Crippen LogP contribution in [-0.4, -0.2) is 103 Å². The van der Waals surface area contributed by atoms with Crippen LogP contribution in [0.4, 0.5) is 10.5 Å². The van der Waals surface area contributed by atoms with Crippen LogP contribution >= 0.6 is 0 Å². The highest BCUT2D eigenvalue weighted by Crippen LogP contribution is 2.35. The summed E-state index contributed by atoms with van der Waals surface area (Å²) in [7, 11) is -4.09. The molecular formula is C25H39N5O6S. The highest BCUT2D eigenvalue weighted by atomic mass is 32.2. The number of rotatable bonds is 8. The largest absolute Gasteiger partial charge is 0.494 e. The average molecular weight is 538 g/mol. The Morgan fingerprint density at radius 2 is 1.54 bits per heavy atom. The van der Waals surface area contributed by atoms with Crippen molar-refractivity contribution in [2.45, 2.75) is 50.2 Å². The summed E-state index contributed by atoms with van der Waals surface area (Å²) in [5.41, 5.74) is 2.58. The van der Waals surface area contributed by atoms with Gasteiger partial charge >= 0.3 is 6.03 Å². The third-order valence-corrected chi connectivity index (χ3v) is 10.4. The molecule has 0 spiro atoms. The van der Waals surface area contributed by atoms with E-state index >= 15 is 0 Å². The molecule has 1 aromatic rings. The van der Waals surface area contributed by atoms with Crippen LogP contribution in [-0.2, 0) is 14.8 Å². The van der Waals surface area contributed by atoms with E-state index in [0.29, 0.717) is 32.8 Å². The summed E-state index contributed by atoms with van der Waals surface area (Å²) in [6.07, 6.45) is 3.89. The van der Waals surface area contributed by atoms with Gasteiger partial charge < -0.3 is 19.4 Å². The van der Waals surface area contributed by atoms with E-state index in [1.54, 1.807) is 15.3 Å². The van der Waals surface area contributed by atoms with Gasteiger partial charge in [0, 0.05) is 58.0 Å². The maximum absolute atomic E-state index is 13.8. The van der Waals surface area contributed by atoms with Gasteiger partial charge in [-0.05, 0) is 56.4 Å². The first kappa shape index (κ1) is 27.5. The lowest BCUT2D eigenvalue weighted by molar-refractivity contribution is -0.133. The highest BCUT2D eigenvalue weighted by Gasteiger charge is 2.55. The summed E-state index contributed by atoms with van der Waals surface area (Å²) in [6, 6.07) is 7.68. The molecule has 3 aliphatic heterocycles. The molecule has 3 saturated heterocycles. The van der Waals surface area contributed by atoms with E-state index in [4.69, 9.17) is 4.74 Å². The van der Waals surface area contributed by atoms with Crippen molar-refractivity contribution < 1.29 is 28.0 Å². The second-order valence-electron chi connectivity index (χ2n) is 9.99. The molecular weight excluding hydrogens is 498 g/mol. The number of urea groups is 1. The average Bonchev–Trinajstić information content (AvgIpc) is 3.48. The normalized spacial score (nSPS) is 20.6. The summed E-state index contributed by atoms with van der Waals surface area (Å²) in [5, 5.41) is 9.45. The van der Waals surface area contributed by atoms with E-state index in [1.807, 2.05) is 24.3 Å². The number of likely N-dealkylation sites (tertiary alicyclic amines) is 2. The van der Waals surface area contributed by atoms with Crippen LogP contribution in [0, 0.1) is 0 Å². The number of sulfonamides is 1. The van der Waals surface area contributed by atoms with Crippen LogP contribution in [0.3, 0.4) is 0 Å². The van der Waals surface area contributed by atoms with Crippen molar-refractivity contribution in [3.8, 4) is 5.75 Å². The number of hydrogen-bond acceptors (Lipinski definition) is 7. The number of nitrogens with zero attached hydrogens (tertiary/aromatic N) is 4. The van der Waals surface area contributed by atoms with Crippen LogP contribution in [0.1, 0.15) is 45.4 Å². The second kappa shape index (κ2) is 11.9. The lowest BCUT2D eigenvalue weighted by Crippen LogP contribution is -2.64. The molecule has 2 N–H and O–H groups in total. The Balaban J connectivity index is 1.39. The van der Waals surface area contributed by atoms with Crippen molar-refractivity contribution in [3.63, 3.8) is 0 Å². The number of amides is 3. The maximum Gasteiger partial charge on any atom is 0.319 e. The third kappa shape index (κ3) is 5.65. The predicted octanol–water partition coefficient (Wildman–Crippen LogP) is 1.87. The second-order valence-corrected chi connectivity index (χ2v) is 12.2. The molecule has 0 bridgehead atoms. The van der Waals surface area contributed by atoms with Gasteiger partial charge in [0.1, 0.15) is 5.75 Å². The number of carbonyl (C=O) groups excluding carboxylic acids is 2. The van der Waals surface area contributed by atoms with E-state index in [1.165, 1.54) is 4.31 Å². The van der Waals surface area contributed by atoms with Crippen molar-refractivity contribution in [1.29, 1.82) is 0 Å². The monoisotopic (exact) mass is 537 g/mol. The number of nitrogens with one attached hydrogen (secondary N) is 1. The number of hydroxylamine groups is 1. The van der Waals surface area contributed by atoms with E-state index in [9.17, 15) is 23.2 Å². The Hall–Kier alpha value is -2.57. The van der Waals surface area contributed by atoms with Gasteiger partial charge in [0.25, 0.3) is 5.91 Å². The zero-order chi connectivity index (χ0) is 26.5. The Kier molecular flexibility index (Phi) is 8.81. The van der Waals surface area contributed by atoms with Crippen molar-refractivity contribution in [1.82, 2.24) is 19.6 Å². The lowest BCUT2D eigenvalue weighted by atomic mass is 9.95. The first-order valence-electron chi connectivity index (χ1n) is 13.3. The van der Waals surface area contributed by atoms with Gasteiger partial charge in [-0.2, -0.15) is 4.31 Å². The Labute approximate surface area is 219 Å². The topological polar surface area (TPSA) is 123 Å². The Morgan fingerprint density at radius 3 is 2.11 bits per heavy atom. The quantitative estimate of drug-likeness (QED) is 0.295. The molecule has 0 unspecified atom stereocenters. The smallest absolute Gasteiger partial charge is 0.319 e. The van der Waals surface area contributed by atoms with Crippen LogP contribution in [0.2, 0.25) is 0 Å². The number of benzene rings is 1. The summed E-state index contributed by atoms with van der Waals surface area (Å²) in [5.74, 6) is -0.119. The van der Waals surface area contributed by atoms with E-state index in [-0.39, 0.29) is 45.1 Å². The molecule has 12 heteroatoms. The third-order valence-electron chi connectivity index (χ3n) is 7.77.